The number of fused-ring (bicyclic) bond motifs is 2. The van der Waals surface area contributed by atoms with E-state index in [4.69, 9.17) is 18.9 Å². The quantitative estimate of drug-likeness (QED) is 0.527. The summed E-state index contributed by atoms with van der Waals surface area (Å²) < 4.78 is 24.6. The number of hydrogen-bond acceptors (Lipinski definition) is 7. The zero-order chi connectivity index (χ0) is 22.7. The Labute approximate surface area is 189 Å². The number of carbonyl (C=O) groups excluding carboxylic acids is 2. The van der Waals surface area contributed by atoms with Crippen molar-refractivity contribution in [2.75, 3.05) is 19.8 Å². The second-order valence-corrected chi connectivity index (χ2v) is 8.36. The summed E-state index contributed by atoms with van der Waals surface area (Å²) in [5.41, 5.74) is 1.15. The molecule has 1 aromatic heterocycles. The van der Waals surface area contributed by atoms with Crippen molar-refractivity contribution in [1.29, 1.82) is 0 Å². The Morgan fingerprint density at radius 2 is 1.81 bits per heavy atom. The van der Waals surface area contributed by atoms with Gasteiger partial charge in [0, 0.05) is 17.7 Å². The summed E-state index contributed by atoms with van der Waals surface area (Å²) in [6.45, 7) is 6.74. The molecule has 0 aliphatic carbocycles. The van der Waals surface area contributed by atoms with Crippen LogP contribution in [0.5, 0.6) is 17.2 Å². The Balaban J connectivity index is 1.74. The molecule has 0 spiro atoms. The van der Waals surface area contributed by atoms with Crippen molar-refractivity contribution < 1.29 is 28.5 Å². The number of nitrogens with zero attached hydrogens (tertiary/aromatic N) is 2. The number of hydrogen-bond donors (Lipinski definition) is 0. The molecule has 0 unspecified atom stereocenters. The highest BCUT2D eigenvalue weighted by Crippen LogP contribution is 2.35. The number of esters is 1. The van der Waals surface area contributed by atoms with Crippen LogP contribution in [0, 0.1) is 0 Å². The highest BCUT2D eigenvalue weighted by atomic mass is 32.1. The van der Waals surface area contributed by atoms with E-state index >= 15 is 0 Å². The van der Waals surface area contributed by atoms with Gasteiger partial charge in [-0.2, -0.15) is 4.99 Å². The smallest absolute Gasteiger partial charge is 0.326 e. The van der Waals surface area contributed by atoms with Crippen molar-refractivity contribution in [2.24, 2.45) is 4.99 Å². The number of carbonyl (C=O) groups is 2. The molecule has 0 saturated heterocycles. The minimum atomic E-state index is -0.414. The third-order valence-corrected chi connectivity index (χ3v) is 5.65. The Kier molecular flexibility index (Phi) is 6.45. The normalized spacial score (nSPS) is 13.4. The second kappa shape index (κ2) is 9.44. The highest BCUT2D eigenvalue weighted by Gasteiger charge is 2.18. The maximum absolute atomic E-state index is 12.9. The summed E-state index contributed by atoms with van der Waals surface area (Å²) in [5.74, 6) is 1.08. The molecule has 1 amide bonds. The van der Waals surface area contributed by atoms with Gasteiger partial charge in [-0.15, -0.1) is 0 Å². The Bertz CT molecular complexity index is 1210. The van der Waals surface area contributed by atoms with E-state index in [0.29, 0.717) is 40.8 Å². The highest BCUT2D eigenvalue weighted by molar-refractivity contribution is 7.16. The van der Waals surface area contributed by atoms with E-state index in [2.05, 4.69) is 4.99 Å². The summed E-state index contributed by atoms with van der Waals surface area (Å²) in [7, 11) is 0. The lowest BCUT2D eigenvalue weighted by atomic mass is 10.2. The molecule has 9 heteroatoms. The van der Waals surface area contributed by atoms with Crippen molar-refractivity contribution >= 4 is 33.4 Å². The van der Waals surface area contributed by atoms with Gasteiger partial charge in [0.25, 0.3) is 5.91 Å². The predicted octanol–water partition coefficient (Wildman–Crippen LogP) is 3.57. The molecular formula is C23H24N2O6S. The van der Waals surface area contributed by atoms with Gasteiger partial charge in [-0.25, -0.2) is 0 Å². The lowest BCUT2D eigenvalue weighted by Crippen LogP contribution is -2.23. The van der Waals surface area contributed by atoms with Crippen molar-refractivity contribution in [3.63, 3.8) is 0 Å². The molecule has 0 fully saturated rings. The average molecular weight is 457 g/mol. The second-order valence-electron chi connectivity index (χ2n) is 7.35. The molecule has 168 valence electrons. The molecule has 2 aromatic carbocycles. The number of benzene rings is 2. The molecular weight excluding hydrogens is 432 g/mol. The third kappa shape index (κ3) is 4.77. The van der Waals surface area contributed by atoms with Crippen LogP contribution in [-0.4, -0.2) is 42.4 Å². The summed E-state index contributed by atoms with van der Waals surface area (Å²) in [4.78, 5) is 29.8. The largest absolute Gasteiger partial charge is 0.491 e. The maximum atomic E-state index is 12.9. The van der Waals surface area contributed by atoms with E-state index in [0.717, 1.165) is 10.2 Å². The van der Waals surface area contributed by atoms with Gasteiger partial charge in [0.05, 0.1) is 22.9 Å². The van der Waals surface area contributed by atoms with Gasteiger partial charge in [-0.1, -0.05) is 11.3 Å². The fourth-order valence-electron chi connectivity index (χ4n) is 3.28. The number of aromatic nitrogens is 1. The first-order valence-electron chi connectivity index (χ1n) is 10.4. The summed E-state index contributed by atoms with van der Waals surface area (Å²) in [6.07, 6.45) is 0.0420. The van der Waals surface area contributed by atoms with Crippen molar-refractivity contribution in [1.82, 2.24) is 4.57 Å². The molecule has 0 atom stereocenters. The van der Waals surface area contributed by atoms with E-state index < -0.39 is 11.9 Å². The van der Waals surface area contributed by atoms with Crippen molar-refractivity contribution in [2.45, 2.75) is 33.4 Å². The summed E-state index contributed by atoms with van der Waals surface area (Å²) >= 11 is 1.30. The van der Waals surface area contributed by atoms with Gasteiger partial charge in [0.15, 0.2) is 16.3 Å². The lowest BCUT2D eigenvalue weighted by molar-refractivity contribution is -0.143. The predicted molar refractivity (Wildman–Crippen MR) is 120 cm³/mol. The van der Waals surface area contributed by atoms with Crippen LogP contribution in [0.2, 0.25) is 0 Å². The van der Waals surface area contributed by atoms with Crippen LogP contribution in [0.4, 0.5) is 0 Å². The average Bonchev–Trinajstić information content (AvgIpc) is 3.08. The first kappa shape index (κ1) is 21.9. The first-order valence-corrected chi connectivity index (χ1v) is 11.2. The van der Waals surface area contributed by atoms with Crippen LogP contribution in [0.25, 0.3) is 10.2 Å². The maximum Gasteiger partial charge on any atom is 0.326 e. The number of amides is 1. The van der Waals surface area contributed by atoms with Crippen LogP contribution in [0.15, 0.2) is 41.4 Å². The molecule has 1 aliphatic heterocycles. The molecule has 3 aromatic rings. The zero-order valence-corrected chi connectivity index (χ0v) is 18.9. The van der Waals surface area contributed by atoms with Gasteiger partial charge >= 0.3 is 5.97 Å². The topological polar surface area (TPSA) is 88.4 Å². The summed E-state index contributed by atoms with van der Waals surface area (Å²) in [6, 6.07) is 10.5. The molecule has 1 aliphatic rings. The van der Waals surface area contributed by atoms with Crippen LogP contribution in [0.3, 0.4) is 0 Å². The Hall–Kier alpha value is -3.33. The Morgan fingerprint density at radius 1 is 1.12 bits per heavy atom. The van der Waals surface area contributed by atoms with E-state index in [1.807, 2.05) is 19.9 Å². The number of ether oxygens (including phenoxy) is 4. The number of thiazole rings is 1. The van der Waals surface area contributed by atoms with Crippen molar-refractivity contribution in [3.8, 4) is 17.2 Å². The van der Waals surface area contributed by atoms with E-state index in [1.54, 1.807) is 41.8 Å². The lowest BCUT2D eigenvalue weighted by Gasteiger charge is -2.18. The molecule has 32 heavy (non-hydrogen) atoms. The standard InChI is InChI=1S/C23H24N2O6S/c1-4-28-21(26)13-25-17-11-18-19(30-10-9-29-18)12-20(17)32-23(25)24-22(27)15-5-7-16(8-6-15)31-14(2)3/h5-8,11-12,14H,4,9-10,13H2,1-3H3. The molecule has 0 bridgehead atoms. The molecule has 0 saturated carbocycles. The molecule has 0 radical (unpaired) electrons. The summed E-state index contributed by atoms with van der Waals surface area (Å²) in [5, 5.41) is 0. The fraction of sp³-hybridized carbons (Fsp3) is 0.348. The van der Waals surface area contributed by atoms with Gasteiger partial charge in [0.1, 0.15) is 25.5 Å². The van der Waals surface area contributed by atoms with E-state index in [9.17, 15) is 9.59 Å². The van der Waals surface area contributed by atoms with Crippen molar-refractivity contribution in [3.05, 3.63) is 46.8 Å². The van der Waals surface area contributed by atoms with Crippen LogP contribution < -0.4 is 19.0 Å². The van der Waals surface area contributed by atoms with E-state index in [-0.39, 0.29) is 19.3 Å². The Morgan fingerprint density at radius 3 is 2.47 bits per heavy atom. The van der Waals surface area contributed by atoms with Crippen LogP contribution >= 0.6 is 11.3 Å². The zero-order valence-electron chi connectivity index (χ0n) is 18.1. The molecule has 0 N–H and O–H groups in total. The van der Waals surface area contributed by atoms with Crippen LogP contribution in [0.1, 0.15) is 31.1 Å². The minimum absolute atomic E-state index is 0.0420. The van der Waals surface area contributed by atoms with Gasteiger partial charge in [-0.05, 0) is 45.0 Å². The fourth-order valence-corrected chi connectivity index (χ4v) is 4.32. The molecule has 8 nitrogen and oxygen atoms in total. The van der Waals surface area contributed by atoms with E-state index in [1.165, 1.54) is 11.3 Å². The first-order chi connectivity index (χ1) is 15.4. The SMILES string of the molecule is CCOC(=O)Cn1c(=NC(=O)c2ccc(OC(C)C)cc2)sc2cc3c(cc21)OCCO3. The van der Waals surface area contributed by atoms with Gasteiger partial charge in [0.2, 0.25) is 0 Å². The van der Waals surface area contributed by atoms with Gasteiger partial charge < -0.3 is 23.5 Å². The number of rotatable bonds is 6. The monoisotopic (exact) mass is 456 g/mol. The third-order valence-electron chi connectivity index (χ3n) is 4.61. The van der Waals surface area contributed by atoms with Crippen LogP contribution in [-0.2, 0) is 16.1 Å². The molecule has 4 rings (SSSR count). The minimum Gasteiger partial charge on any atom is -0.491 e. The molecule has 2 heterocycles. The van der Waals surface area contributed by atoms with Gasteiger partial charge in [-0.3, -0.25) is 9.59 Å².